The first-order valence-electron chi connectivity index (χ1n) is 8.70. The number of rotatable bonds is 4. The number of hydrogen-bond donors (Lipinski definition) is 2. The second kappa shape index (κ2) is 7.59. The fraction of sp³-hybridized carbons (Fsp3) is 0.444. The number of benzene rings is 1. The lowest BCUT2D eigenvalue weighted by molar-refractivity contribution is -0.137. The minimum Gasteiger partial charge on any atom is -0.366 e. The van der Waals surface area contributed by atoms with Gasteiger partial charge >= 0.3 is 6.18 Å². The summed E-state index contributed by atoms with van der Waals surface area (Å²) in [7, 11) is 0. The molecular weight excluding hydrogens is 359 g/mol. The molecule has 2 N–H and O–H groups in total. The predicted octanol–water partition coefficient (Wildman–Crippen LogP) is 2.81. The standard InChI is InChI=1S/C18H22F3N5O/c1-12-17(13(2)24-23-12)26-9-7-25(8-10-26)11-16(27)22-15-6-4-3-5-14(15)18(19,20)21/h3-6H,7-11H2,1-2H3,(H,22,27)(H,23,24). The fourth-order valence-electron chi connectivity index (χ4n) is 3.37. The fourth-order valence-corrected chi connectivity index (χ4v) is 3.37. The van der Waals surface area contributed by atoms with Gasteiger partial charge in [-0.15, -0.1) is 0 Å². The van der Waals surface area contributed by atoms with Crippen molar-refractivity contribution in [2.75, 3.05) is 42.9 Å². The van der Waals surface area contributed by atoms with E-state index in [1.807, 2.05) is 18.7 Å². The Morgan fingerprint density at radius 1 is 1.19 bits per heavy atom. The van der Waals surface area contributed by atoms with E-state index >= 15 is 0 Å². The summed E-state index contributed by atoms with van der Waals surface area (Å²) < 4.78 is 39.1. The minimum atomic E-state index is -4.50. The number of hydrogen-bond acceptors (Lipinski definition) is 4. The van der Waals surface area contributed by atoms with Crippen LogP contribution in [-0.4, -0.2) is 53.7 Å². The highest BCUT2D eigenvalue weighted by Gasteiger charge is 2.33. The molecule has 1 aromatic carbocycles. The van der Waals surface area contributed by atoms with Gasteiger partial charge in [-0.05, 0) is 26.0 Å². The van der Waals surface area contributed by atoms with Crippen LogP contribution in [0.25, 0.3) is 0 Å². The van der Waals surface area contributed by atoms with Gasteiger partial charge in [0.1, 0.15) is 0 Å². The van der Waals surface area contributed by atoms with Crippen molar-refractivity contribution in [2.24, 2.45) is 0 Å². The molecule has 3 rings (SSSR count). The average molecular weight is 381 g/mol. The van der Waals surface area contributed by atoms with Gasteiger partial charge in [0.25, 0.3) is 0 Å². The minimum absolute atomic E-state index is 0.0589. The number of aryl methyl sites for hydroxylation is 2. The van der Waals surface area contributed by atoms with Crippen LogP contribution in [0.1, 0.15) is 17.0 Å². The summed E-state index contributed by atoms with van der Waals surface area (Å²) in [5.74, 6) is -0.448. The number of carbonyl (C=O) groups is 1. The topological polar surface area (TPSA) is 64.3 Å². The summed E-state index contributed by atoms with van der Waals surface area (Å²) >= 11 is 0. The molecule has 0 bridgehead atoms. The molecule has 9 heteroatoms. The molecule has 1 amide bonds. The maximum atomic E-state index is 13.0. The molecule has 0 radical (unpaired) electrons. The van der Waals surface area contributed by atoms with Crippen molar-refractivity contribution in [3.8, 4) is 0 Å². The maximum absolute atomic E-state index is 13.0. The number of halogens is 3. The second-order valence-corrected chi connectivity index (χ2v) is 6.64. The molecule has 1 aliphatic rings. The van der Waals surface area contributed by atoms with Crippen molar-refractivity contribution in [1.82, 2.24) is 15.1 Å². The van der Waals surface area contributed by atoms with E-state index in [0.717, 1.165) is 36.2 Å². The van der Waals surface area contributed by atoms with Crippen LogP contribution in [0.4, 0.5) is 24.5 Å². The van der Waals surface area contributed by atoms with Crippen LogP contribution in [0, 0.1) is 13.8 Å². The third kappa shape index (κ3) is 4.41. The van der Waals surface area contributed by atoms with Crippen molar-refractivity contribution >= 4 is 17.3 Å². The molecule has 146 valence electrons. The molecule has 0 aliphatic carbocycles. The molecule has 2 heterocycles. The van der Waals surface area contributed by atoms with Crippen LogP contribution in [-0.2, 0) is 11.0 Å². The Hall–Kier alpha value is -2.55. The van der Waals surface area contributed by atoms with Crippen LogP contribution in [0.15, 0.2) is 24.3 Å². The molecule has 0 atom stereocenters. The number of carbonyl (C=O) groups excluding carboxylic acids is 1. The zero-order valence-corrected chi connectivity index (χ0v) is 15.2. The zero-order chi connectivity index (χ0) is 19.6. The number of nitrogens with one attached hydrogen (secondary N) is 2. The van der Waals surface area contributed by atoms with Crippen molar-refractivity contribution in [1.29, 1.82) is 0 Å². The Bertz CT molecular complexity index is 790. The van der Waals surface area contributed by atoms with Gasteiger partial charge in [-0.3, -0.25) is 14.8 Å². The Kier molecular flexibility index (Phi) is 5.41. The summed E-state index contributed by atoms with van der Waals surface area (Å²) in [6, 6.07) is 5.00. The van der Waals surface area contributed by atoms with Crippen LogP contribution >= 0.6 is 0 Å². The molecule has 0 unspecified atom stereocenters. The number of aromatic amines is 1. The van der Waals surface area contributed by atoms with Crippen molar-refractivity contribution in [2.45, 2.75) is 20.0 Å². The number of nitrogens with zero attached hydrogens (tertiary/aromatic N) is 3. The largest absolute Gasteiger partial charge is 0.418 e. The van der Waals surface area contributed by atoms with E-state index in [2.05, 4.69) is 20.4 Å². The van der Waals surface area contributed by atoms with E-state index in [-0.39, 0.29) is 12.2 Å². The molecule has 1 saturated heterocycles. The number of H-pyrrole nitrogens is 1. The van der Waals surface area contributed by atoms with Crippen molar-refractivity contribution < 1.29 is 18.0 Å². The number of aromatic nitrogens is 2. The Labute approximate surface area is 155 Å². The highest BCUT2D eigenvalue weighted by atomic mass is 19.4. The highest BCUT2D eigenvalue weighted by Crippen LogP contribution is 2.34. The Morgan fingerprint density at radius 3 is 2.44 bits per heavy atom. The molecule has 27 heavy (non-hydrogen) atoms. The SMILES string of the molecule is Cc1n[nH]c(C)c1N1CCN(CC(=O)Nc2ccccc2C(F)(F)F)CC1. The van der Waals surface area contributed by atoms with E-state index in [1.165, 1.54) is 18.2 Å². The van der Waals surface area contributed by atoms with Crippen LogP contribution in [0.5, 0.6) is 0 Å². The molecule has 1 aromatic heterocycles. The molecular formula is C18H22F3N5O. The third-order valence-electron chi connectivity index (χ3n) is 4.65. The van der Waals surface area contributed by atoms with Gasteiger partial charge in [-0.2, -0.15) is 18.3 Å². The maximum Gasteiger partial charge on any atom is 0.418 e. The lowest BCUT2D eigenvalue weighted by atomic mass is 10.1. The summed E-state index contributed by atoms with van der Waals surface area (Å²) in [6.07, 6.45) is -4.50. The first-order chi connectivity index (χ1) is 12.8. The van der Waals surface area contributed by atoms with Gasteiger partial charge in [0.15, 0.2) is 0 Å². The zero-order valence-electron chi connectivity index (χ0n) is 15.2. The summed E-state index contributed by atoms with van der Waals surface area (Å²) in [6.45, 7) is 6.73. The van der Waals surface area contributed by atoms with Gasteiger partial charge in [0.2, 0.25) is 5.91 Å². The molecule has 1 aliphatic heterocycles. The van der Waals surface area contributed by atoms with Gasteiger partial charge in [0, 0.05) is 26.2 Å². The van der Waals surface area contributed by atoms with Gasteiger partial charge in [-0.1, -0.05) is 12.1 Å². The monoisotopic (exact) mass is 381 g/mol. The van der Waals surface area contributed by atoms with Crippen molar-refractivity contribution in [3.05, 3.63) is 41.2 Å². The first-order valence-corrected chi connectivity index (χ1v) is 8.70. The normalized spacial score (nSPS) is 15.8. The molecule has 0 saturated carbocycles. The van der Waals surface area contributed by atoms with Crippen LogP contribution in [0.3, 0.4) is 0 Å². The number of para-hydroxylation sites is 1. The van der Waals surface area contributed by atoms with E-state index in [9.17, 15) is 18.0 Å². The van der Waals surface area contributed by atoms with E-state index < -0.39 is 17.6 Å². The number of alkyl halides is 3. The summed E-state index contributed by atoms with van der Waals surface area (Å²) in [4.78, 5) is 16.4. The van der Waals surface area contributed by atoms with Crippen LogP contribution in [0.2, 0.25) is 0 Å². The lowest BCUT2D eigenvalue weighted by Gasteiger charge is -2.35. The molecule has 6 nitrogen and oxygen atoms in total. The second-order valence-electron chi connectivity index (χ2n) is 6.64. The van der Waals surface area contributed by atoms with E-state index in [1.54, 1.807) is 0 Å². The lowest BCUT2D eigenvalue weighted by Crippen LogP contribution is -2.49. The Balaban J connectivity index is 1.56. The first kappa shape index (κ1) is 19.2. The average Bonchev–Trinajstić information content (AvgIpc) is 2.94. The number of piperazine rings is 1. The predicted molar refractivity (Wildman–Crippen MR) is 96.8 cm³/mol. The number of anilines is 2. The Morgan fingerprint density at radius 2 is 1.85 bits per heavy atom. The van der Waals surface area contributed by atoms with Crippen LogP contribution < -0.4 is 10.2 Å². The molecule has 1 fully saturated rings. The summed E-state index contributed by atoms with van der Waals surface area (Å²) in [5.41, 5.74) is 1.97. The quantitative estimate of drug-likeness (QED) is 0.855. The van der Waals surface area contributed by atoms with Crippen molar-refractivity contribution in [3.63, 3.8) is 0 Å². The molecule has 0 spiro atoms. The third-order valence-corrected chi connectivity index (χ3v) is 4.65. The van der Waals surface area contributed by atoms with E-state index in [4.69, 9.17) is 0 Å². The molecule has 2 aromatic rings. The number of amides is 1. The highest BCUT2D eigenvalue weighted by molar-refractivity contribution is 5.93. The van der Waals surface area contributed by atoms with Gasteiger partial charge < -0.3 is 10.2 Å². The van der Waals surface area contributed by atoms with E-state index in [0.29, 0.717) is 13.1 Å². The summed E-state index contributed by atoms with van der Waals surface area (Å²) in [5, 5.41) is 9.55. The smallest absolute Gasteiger partial charge is 0.366 e. The van der Waals surface area contributed by atoms with Gasteiger partial charge in [0.05, 0.1) is 34.9 Å². The van der Waals surface area contributed by atoms with Gasteiger partial charge in [-0.25, -0.2) is 0 Å².